The Bertz CT molecular complexity index is 976. The number of nitriles is 1. The van der Waals surface area contributed by atoms with Gasteiger partial charge in [-0.25, -0.2) is 4.98 Å². The molecule has 0 spiro atoms. The van der Waals surface area contributed by atoms with E-state index in [1.165, 1.54) is 5.01 Å². The summed E-state index contributed by atoms with van der Waals surface area (Å²) in [5.74, 6) is -1.35. The van der Waals surface area contributed by atoms with Gasteiger partial charge in [0.25, 0.3) is 5.91 Å². The summed E-state index contributed by atoms with van der Waals surface area (Å²) >= 11 is 0. The molecule has 0 fully saturated rings. The minimum Gasteiger partial charge on any atom is -0.305 e. The predicted octanol–water partition coefficient (Wildman–Crippen LogP) is 3.63. The lowest BCUT2D eigenvalue weighted by atomic mass is 9.96. The van der Waals surface area contributed by atoms with Gasteiger partial charge in [-0.2, -0.15) is 23.4 Å². The van der Waals surface area contributed by atoms with Crippen LogP contribution in [0.3, 0.4) is 0 Å². The van der Waals surface area contributed by atoms with Crippen LogP contribution < -0.4 is 10.4 Å². The van der Waals surface area contributed by atoms with E-state index in [-0.39, 0.29) is 12.4 Å². The quantitative estimate of drug-likeness (QED) is 0.699. The molecule has 2 aromatic rings. The van der Waals surface area contributed by atoms with Crippen molar-refractivity contribution >= 4 is 11.7 Å². The molecule has 166 valence electrons. The van der Waals surface area contributed by atoms with Crippen molar-refractivity contribution in [2.24, 2.45) is 5.41 Å². The summed E-state index contributed by atoms with van der Waals surface area (Å²) in [5.41, 5.74) is 2.23. The lowest BCUT2D eigenvalue weighted by Crippen LogP contribution is -2.47. The Kier molecular flexibility index (Phi) is 7.23. The molecule has 0 atom stereocenters. The van der Waals surface area contributed by atoms with Gasteiger partial charge >= 0.3 is 6.18 Å². The van der Waals surface area contributed by atoms with Crippen LogP contribution in [0.15, 0.2) is 30.3 Å². The van der Waals surface area contributed by atoms with E-state index in [2.05, 4.69) is 15.4 Å². The van der Waals surface area contributed by atoms with E-state index in [1.807, 2.05) is 45.8 Å². The van der Waals surface area contributed by atoms with Crippen LogP contribution in [0.25, 0.3) is 0 Å². The van der Waals surface area contributed by atoms with Gasteiger partial charge in [-0.3, -0.25) is 15.2 Å². The van der Waals surface area contributed by atoms with Gasteiger partial charge in [-0.1, -0.05) is 32.9 Å². The number of nitrogens with zero attached hydrogens (tertiary/aromatic N) is 5. The number of hydrogen-bond donors (Lipinski definition) is 1. The lowest BCUT2D eigenvalue weighted by Gasteiger charge is -2.31. The van der Waals surface area contributed by atoms with Crippen molar-refractivity contribution in [3.63, 3.8) is 0 Å². The fraction of sp³-hybridized carbons (Fsp3) is 0.429. The summed E-state index contributed by atoms with van der Waals surface area (Å²) in [7, 11) is 3.80. The maximum absolute atomic E-state index is 13.3. The van der Waals surface area contributed by atoms with Crippen molar-refractivity contribution in [1.82, 2.24) is 20.3 Å². The Morgan fingerprint density at radius 3 is 2.39 bits per heavy atom. The summed E-state index contributed by atoms with van der Waals surface area (Å²) < 4.78 is 39.8. The van der Waals surface area contributed by atoms with Crippen molar-refractivity contribution < 1.29 is 18.0 Å². The number of rotatable bonds is 6. The van der Waals surface area contributed by atoms with Crippen LogP contribution in [0, 0.1) is 16.7 Å². The molecule has 0 radical (unpaired) electrons. The Hall–Kier alpha value is -3.19. The van der Waals surface area contributed by atoms with Crippen molar-refractivity contribution in [2.75, 3.05) is 25.6 Å². The van der Waals surface area contributed by atoms with Crippen molar-refractivity contribution in [3.05, 3.63) is 53.0 Å². The van der Waals surface area contributed by atoms with E-state index in [9.17, 15) is 18.0 Å². The zero-order chi connectivity index (χ0) is 23.4. The number of alkyl halides is 3. The molecule has 0 bridgehead atoms. The largest absolute Gasteiger partial charge is 0.433 e. The van der Waals surface area contributed by atoms with E-state index < -0.39 is 29.0 Å². The number of amides is 1. The molecule has 2 rings (SSSR count). The van der Waals surface area contributed by atoms with E-state index in [4.69, 9.17) is 5.26 Å². The summed E-state index contributed by atoms with van der Waals surface area (Å²) in [5, 5.41) is 10.3. The summed E-state index contributed by atoms with van der Waals surface area (Å²) in [6.07, 6.45) is -4.76. The Balaban J connectivity index is 2.42. The SMILES string of the molecule is CN(C)Cc1cccc(C(=O)NN(CC(C)(C)C)c2cc(C(F)(F)F)nc(C#N)n2)c1. The normalized spacial score (nSPS) is 11.9. The van der Waals surface area contributed by atoms with Crippen LogP contribution in [0.1, 0.15) is 48.2 Å². The molecule has 1 amide bonds. The number of anilines is 1. The smallest absolute Gasteiger partial charge is 0.305 e. The highest BCUT2D eigenvalue weighted by Gasteiger charge is 2.35. The van der Waals surface area contributed by atoms with Gasteiger partial charge in [0.05, 0.1) is 0 Å². The second-order valence-electron chi connectivity index (χ2n) is 8.57. The van der Waals surface area contributed by atoms with Crippen molar-refractivity contribution in [1.29, 1.82) is 5.26 Å². The summed E-state index contributed by atoms with van der Waals surface area (Å²) in [4.78, 5) is 22.0. The standard InChI is InChI=1S/C21H25F3N6O/c1-20(2,3)13-30(18-10-16(21(22,23)24)26-17(11-25)27-18)28-19(31)15-8-6-7-14(9-15)12-29(4)5/h6-10H,12-13H2,1-5H3,(H,28,31). The molecule has 1 aromatic heterocycles. The minimum absolute atomic E-state index is 0.148. The fourth-order valence-electron chi connectivity index (χ4n) is 2.78. The first kappa shape index (κ1) is 24.1. The number of aromatic nitrogens is 2. The Labute approximate surface area is 179 Å². The third-order valence-electron chi connectivity index (χ3n) is 3.94. The van der Waals surface area contributed by atoms with Gasteiger partial charge in [-0.05, 0) is 37.2 Å². The topological polar surface area (TPSA) is 85.2 Å². The zero-order valence-corrected chi connectivity index (χ0v) is 18.1. The van der Waals surface area contributed by atoms with Crippen LogP contribution in [-0.4, -0.2) is 41.4 Å². The van der Waals surface area contributed by atoms with Crippen molar-refractivity contribution in [2.45, 2.75) is 33.5 Å². The number of carbonyl (C=O) groups excluding carboxylic acids is 1. The summed E-state index contributed by atoms with van der Waals surface area (Å²) in [6.45, 7) is 6.36. The van der Waals surface area contributed by atoms with Gasteiger partial charge in [0.2, 0.25) is 5.82 Å². The number of halogens is 3. The number of hydrogen-bond acceptors (Lipinski definition) is 6. The molecule has 7 nitrogen and oxygen atoms in total. The van der Waals surface area contributed by atoms with E-state index in [0.717, 1.165) is 11.6 Å². The van der Waals surface area contributed by atoms with Gasteiger partial charge < -0.3 is 4.90 Å². The molecule has 0 saturated heterocycles. The highest BCUT2D eigenvalue weighted by atomic mass is 19.4. The predicted molar refractivity (Wildman–Crippen MR) is 110 cm³/mol. The van der Waals surface area contributed by atoms with Crippen LogP contribution in [0.4, 0.5) is 19.0 Å². The third kappa shape index (κ3) is 7.22. The average molecular weight is 434 g/mol. The molecule has 1 heterocycles. The molecule has 0 unspecified atom stereocenters. The van der Waals surface area contributed by atoms with Gasteiger partial charge in [0.1, 0.15) is 6.07 Å². The molecule has 1 N–H and O–H groups in total. The number of benzene rings is 1. The van der Waals surface area contributed by atoms with Gasteiger partial charge in [0, 0.05) is 24.7 Å². The Morgan fingerprint density at radius 1 is 1.16 bits per heavy atom. The first-order valence-corrected chi connectivity index (χ1v) is 9.47. The molecule has 31 heavy (non-hydrogen) atoms. The number of hydrazine groups is 1. The van der Waals surface area contributed by atoms with Crippen LogP contribution in [0.5, 0.6) is 0 Å². The first-order chi connectivity index (χ1) is 14.3. The van der Waals surface area contributed by atoms with E-state index in [0.29, 0.717) is 12.1 Å². The maximum atomic E-state index is 13.3. The molecule has 0 saturated carbocycles. The van der Waals surface area contributed by atoms with E-state index >= 15 is 0 Å². The van der Waals surface area contributed by atoms with Crippen LogP contribution in [-0.2, 0) is 12.7 Å². The van der Waals surface area contributed by atoms with Gasteiger partial charge in [-0.15, -0.1) is 0 Å². The molecule has 0 aliphatic heterocycles. The second kappa shape index (κ2) is 9.31. The molecular weight excluding hydrogens is 409 g/mol. The van der Waals surface area contributed by atoms with Crippen LogP contribution >= 0.6 is 0 Å². The zero-order valence-electron chi connectivity index (χ0n) is 18.1. The molecule has 0 aliphatic carbocycles. The van der Waals surface area contributed by atoms with Crippen LogP contribution in [0.2, 0.25) is 0 Å². The van der Waals surface area contributed by atoms with Crippen molar-refractivity contribution in [3.8, 4) is 6.07 Å². The minimum atomic E-state index is -4.76. The highest BCUT2D eigenvalue weighted by Crippen LogP contribution is 2.30. The van der Waals surface area contributed by atoms with E-state index in [1.54, 1.807) is 24.3 Å². The monoisotopic (exact) mass is 434 g/mol. The molecule has 10 heteroatoms. The molecular formula is C21H25F3N6O. The highest BCUT2D eigenvalue weighted by molar-refractivity contribution is 5.95. The third-order valence-corrected chi connectivity index (χ3v) is 3.94. The fourth-order valence-corrected chi connectivity index (χ4v) is 2.78. The number of carbonyl (C=O) groups is 1. The second-order valence-corrected chi connectivity index (χ2v) is 8.57. The molecule has 1 aromatic carbocycles. The molecule has 0 aliphatic rings. The average Bonchev–Trinajstić information content (AvgIpc) is 2.65. The van der Waals surface area contributed by atoms with Gasteiger partial charge in [0.15, 0.2) is 11.5 Å². The maximum Gasteiger partial charge on any atom is 0.433 e. The lowest BCUT2D eigenvalue weighted by molar-refractivity contribution is -0.141. The first-order valence-electron chi connectivity index (χ1n) is 9.47. The summed E-state index contributed by atoms with van der Waals surface area (Å²) in [6, 6.07) is 9.21. The number of nitrogens with one attached hydrogen (secondary N) is 1. The Morgan fingerprint density at radius 2 is 1.84 bits per heavy atom.